The van der Waals surface area contributed by atoms with Crippen molar-refractivity contribution in [3.63, 3.8) is 0 Å². The molecule has 0 aliphatic heterocycles. The quantitative estimate of drug-likeness (QED) is 0.676. The predicted octanol–water partition coefficient (Wildman–Crippen LogP) is 4.20. The predicted molar refractivity (Wildman–Crippen MR) is 101 cm³/mol. The fraction of sp³-hybridized carbons (Fsp3) is 0.158. The molecule has 1 aromatic heterocycles. The lowest BCUT2D eigenvalue weighted by Crippen LogP contribution is -1.91. The summed E-state index contributed by atoms with van der Waals surface area (Å²) in [6.45, 7) is 0. The Labute approximate surface area is 160 Å². The number of benzene rings is 2. The van der Waals surface area contributed by atoms with Crippen molar-refractivity contribution in [3.8, 4) is 34.4 Å². The zero-order chi connectivity index (χ0) is 19.4. The summed E-state index contributed by atoms with van der Waals surface area (Å²) >= 11 is 6.31. The van der Waals surface area contributed by atoms with Crippen LogP contribution in [0, 0.1) is 0 Å². The van der Waals surface area contributed by atoms with E-state index in [0.717, 1.165) is 0 Å². The van der Waals surface area contributed by atoms with Gasteiger partial charge >= 0.3 is 0 Å². The maximum absolute atomic E-state index is 9.66. The Kier molecular flexibility index (Phi) is 5.52. The zero-order valence-corrected chi connectivity index (χ0v) is 15.6. The lowest BCUT2D eigenvalue weighted by Gasteiger charge is -2.07. The largest absolute Gasteiger partial charge is 0.504 e. The van der Waals surface area contributed by atoms with Gasteiger partial charge in [0.25, 0.3) is 5.89 Å². The molecule has 8 heteroatoms. The van der Waals surface area contributed by atoms with Crippen LogP contribution < -0.4 is 14.2 Å². The van der Waals surface area contributed by atoms with Gasteiger partial charge in [-0.25, -0.2) is 0 Å². The summed E-state index contributed by atoms with van der Waals surface area (Å²) in [5, 5.41) is 13.9. The van der Waals surface area contributed by atoms with Gasteiger partial charge in [0.05, 0.1) is 26.9 Å². The minimum Gasteiger partial charge on any atom is -0.504 e. The highest BCUT2D eigenvalue weighted by Crippen LogP contribution is 2.33. The summed E-state index contributed by atoms with van der Waals surface area (Å²) in [7, 11) is 4.59. The summed E-state index contributed by atoms with van der Waals surface area (Å²) in [5.41, 5.74) is 1.35. The van der Waals surface area contributed by atoms with Gasteiger partial charge in [-0.1, -0.05) is 22.8 Å². The van der Waals surface area contributed by atoms with Crippen molar-refractivity contribution < 1.29 is 23.8 Å². The molecule has 0 spiro atoms. The van der Waals surface area contributed by atoms with Crippen LogP contribution >= 0.6 is 11.6 Å². The molecule has 7 nitrogen and oxygen atoms in total. The second kappa shape index (κ2) is 8.01. The number of nitrogens with zero attached hydrogens (tertiary/aromatic N) is 2. The van der Waals surface area contributed by atoms with Crippen LogP contribution in [-0.4, -0.2) is 36.6 Å². The summed E-state index contributed by atoms with van der Waals surface area (Å²) in [6, 6.07) is 10.1. The van der Waals surface area contributed by atoms with Crippen molar-refractivity contribution >= 4 is 22.7 Å². The van der Waals surface area contributed by atoms with Gasteiger partial charge in [0.1, 0.15) is 16.5 Å². The third-order valence-electron chi connectivity index (χ3n) is 3.78. The second-order valence-electron chi connectivity index (χ2n) is 5.41. The Bertz CT molecular complexity index is 984. The Morgan fingerprint density at radius 1 is 1.04 bits per heavy atom. The molecular weight excluding hydrogens is 372 g/mol. The Morgan fingerprint density at radius 2 is 1.81 bits per heavy atom. The third kappa shape index (κ3) is 3.98. The summed E-state index contributed by atoms with van der Waals surface area (Å²) in [5.74, 6) is 2.05. The standard InChI is InChI=1S/C19H17ClN2O5/c1-24-12-5-6-13(16(10-12)25-2)18-21-19(27-22-18)14(20)8-11-4-7-15(23)17(9-11)26-3/h4-10,23H,1-3H3/b14-8-. The van der Waals surface area contributed by atoms with Crippen LogP contribution in [0.2, 0.25) is 0 Å². The van der Waals surface area contributed by atoms with E-state index < -0.39 is 0 Å². The number of aromatic hydroxyl groups is 1. The van der Waals surface area contributed by atoms with E-state index in [9.17, 15) is 5.11 Å². The van der Waals surface area contributed by atoms with Gasteiger partial charge in [-0.05, 0) is 35.9 Å². The average molecular weight is 389 g/mol. The molecule has 0 fully saturated rings. The average Bonchev–Trinajstić information content (AvgIpc) is 3.19. The molecule has 1 N–H and O–H groups in total. The summed E-state index contributed by atoms with van der Waals surface area (Å²) < 4.78 is 20.9. The molecule has 0 atom stereocenters. The van der Waals surface area contributed by atoms with E-state index in [0.29, 0.717) is 34.2 Å². The van der Waals surface area contributed by atoms with Gasteiger partial charge in [0.2, 0.25) is 5.82 Å². The molecule has 0 aliphatic rings. The van der Waals surface area contributed by atoms with Gasteiger partial charge in [-0.2, -0.15) is 4.98 Å². The number of phenolic OH excluding ortho intramolecular Hbond substituents is 1. The Balaban J connectivity index is 1.91. The SMILES string of the molecule is COc1ccc(-c2noc(/C(Cl)=C/c3ccc(O)c(OC)c3)n2)c(OC)c1. The highest BCUT2D eigenvalue weighted by molar-refractivity contribution is 6.50. The highest BCUT2D eigenvalue weighted by atomic mass is 35.5. The molecule has 140 valence electrons. The van der Waals surface area contributed by atoms with E-state index in [1.165, 1.54) is 13.2 Å². The van der Waals surface area contributed by atoms with Crippen molar-refractivity contribution in [1.82, 2.24) is 10.1 Å². The van der Waals surface area contributed by atoms with Gasteiger partial charge < -0.3 is 23.8 Å². The second-order valence-corrected chi connectivity index (χ2v) is 5.82. The molecule has 0 amide bonds. The van der Waals surface area contributed by atoms with Crippen LogP contribution in [-0.2, 0) is 0 Å². The topological polar surface area (TPSA) is 86.8 Å². The first-order chi connectivity index (χ1) is 13.0. The van der Waals surface area contributed by atoms with Crippen LogP contribution in [0.25, 0.3) is 22.5 Å². The normalized spacial score (nSPS) is 11.3. The first-order valence-electron chi connectivity index (χ1n) is 7.86. The molecular formula is C19H17ClN2O5. The molecule has 27 heavy (non-hydrogen) atoms. The lowest BCUT2D eigenvalue weighted by molar-refractivity contribution is 0.373. The molecule has 0 saturated carbocycles. The van der Waals surface area contributed by atoms with E-state index in [1.807, 2.05) is 0 Å². The molecule has 0 saturated heterocycles. The first-order valence-corrected chi connectivity index (χ1v) is 8.24. The van der Waals surface area contributed by atoms with Crippen molar-refractivity contribution in [2.45, 2.75) is 0 Å². The minimum absolute atomic E-state index is 0.0393. The van der Waals surface area contributed by atoms with Crippen LogP contribution in [0.15, 0.2) is 40.9 Å². The van der Waals surface area contributed by atoms with Gasteiger partial charge in [0, 0.05) is 6.07 Å². The fourth-order valence-electron chi connectivity index (χ4n) is 2.41. The van der Waals surface area contributed by atoms with Crippen molar-refractivity contribution in [3.05, 3.63) is 47.9 Å². The summed E-state index contributed by atoms with van der Waals surface area (Å²) in [4.78, 5) is 4.32. The van der Waals surface area contributed by atoms with Crippen molar-refractivity contribution in [2.24, 2.45) is 0 Å². The van der Waals surface area contributed by atoms with Gasteiger partial charge in [0.15, 0.2) is 11.5 Å². The molecule has 1 heterocycles. The Hall–Kier alpha value is -3.19. The van der Waals surface area contributed by atoms with E-state index in [-0.39, 0.29) is 16.7 Å². The van der Waals surface area contributed by atoms with Crippen molar-refractivity contribution in [1.29, 1.82) is 0 Å². The molecule has 0 bridgehead atoms. The molecule has 2 aromatic carbocycles. The van der Waals surface area contributed by atoms with Crippen LogP contribution in [0.5, 0.6) is 23.0 Å². The maximum atomic E-state index is 9.66. The molecule has 0 aliphatic carbocycles. The third-order valence-corrected chi connectivity index (χ3v) is 4.05. The molecule has 0 unspecified atom stereocenters. The number of hydrogen-bond acceptors (Lipinski definition) is 7. The molecule has 3 rings (SSSR count). The van der Waals surface area contributed by atoms with Crippen LogP contribution in [0.4, 0.5) is 0 Å². The maximum Gasteiger partial charge on any atom is 0.269 e. The van der Waals surface area contributed by atoms with Gasteiger partial charge in [-0.15, -0.1) is 0 Å². The number of aromatic nitrogens is 2. The van der Waals surface area contributed by atoms with E-state index in [4.69, 9.17) is 30.3 Å². The first kappa shape index (κ1) is 18.6. The highest BCUT2D eigenvalue weighted by Gasteiger charge is 2.16. The Morgan fingerprint density at radius 3 is 2.52 bits per heavy atom. The van der Waals surface area contributed by atoms with E-state index in [1.54, 1.807) is 50.6 Å². The number of phenols is 1. The monoisotopic (exact) mass is 388 g/mol. The molecule has 0 radical (unpaired) electrons. The molecule has 3 aromatic rings. The minimum atomic E-state index is 0.0393. The van der Waals surface area contributed by atoms with E-state index in [2.05, 4.69) is 10.1 Å². The number of hydrogen-bond donors (Lipinski definition) is 1. The smallest absolute Gasteiger partial charge is 0.269 e. The van der Waals surface area contributed by atoms with Crippen LogP contribution in [0.1, 0.15) is 11.5 Å². The number of rotatable bonds is 6. The summed E-state index contributed by atoms with van der Waals surface area (Å²) in [6.07, 6.45) is 1.63. The lowest BCUT2D eigenvalue weighted by atomic mass is 10.1. The number of methoxy groups -OCH3 is 3. The number of halogens is 1. The zero-order valence-electron chi connectivity index (χ0n) is 14.9. The van der Waals surface area contributed by atoms with Crippen LogP contribution in [0.3, 0.4) is 0 Å². The number of ether oxygens (including phenoxy) is 3. The van der Waals surface area contributed by atoms with Crippen molar-refractivity contribution in [2.75, 3.05) is 21.3 Å². The van der Waals surface area contributed by atoms with Gasteiger partial charge in [-0.3, -0.25) is 0 Å². The van der Waals surface area contributed by atoms with E-state index >= 15 is 0 Å². The fourth-order valence-corrected chi connectivity index (χ4v) is 2.61.